The van der Waals surface area contributed by atoms with Crippen molar-refractivity contribution in [1.29, 1.82) is 0 Å². The number of rotatable bonds is 4. The Morgan fingerprint density at radius 3 is 2.11 bits per heavy atom. The van der Waals surface area contributed by atoms with Gasteiger partial charge in [0.15, 0.2) is 17.4 Å². The molecule has 0 aliphatic heterocycles. The van der Waals surface area contributed by atoms with Crippen molar-refractivity contribution < 1.29 is 14.2 Å². The van der Waals surface area contributed by atoms with E-state index in [1.807, 2.05) is 0 Å². The van der Waals surface area contributed by atoms with Crippen LogP contribution in [0, 0.1) is 0 Å². The van der Waals surface area contributed by atoms with Gasteiger partial charge < -0.3 is 24.9 Å². The van der Waals surface area contributed by atoms with E-state index in [2.05, 4.69) is 25.9 Å². The van der Waals surface area contributed by atoms with E-state index in [1.54, 1.807) is 33.5 Å². The van der Waals surface area contributed by atoms with Crippen LogP contribution in [-0.2, 0) is 0 Å². The highest BCUT2D eigenvalue weighted by atomic mass is 79.9. The molecule has 0 unspecified atom stereocenters. The molecule has 0 aliphatic rings. The van der Waals surface area contributed by atoms with Gasteiger partial charge in [-0.3, -0.25) is 0 Å². The van der Waals surface area contributed by atoms with Crippen LogP contribution in [0.5, 0.6) is 17.2 Å². The van der Waals surface area contributed by atoms with Gasteiger partial charge in [-0.15, -0.1) is 0 Å². The number of ether oxygens (including phenoxy) is 3. The van der Waals surface area contributed by atoms with Crippen LogP contribution in [0.1, 0.15) is 0 Å². The van der Waals surface area contributed by atoms with Crippen LogP contribution >= 0.6 is 15.9 Å². The minimum Gasteiger partial charge on any atom is -0.496 e. The Morgan fingerprint density at radius 1 is 1.05 bits per heavy atom. The van der Waals surface area contributed by atoms with Crippen molar-refractivity contribution in [1.82, 2.24) is 9.97 Å². The Labute approximate surface area is 119 Å². The molecule has 0 atom stereocenters. The Hall–Kier alpha value is -1.89. The summed E-state index contributed by atoms with van der Waals surface area (Å²) < 4.78 is 16.5. The molecule has 6 nitrogen and oxygen atoms in total. The van der Waals surface area contributed by atoms with E-state index in [9.17, 15) is 0 Å². The third-order valence-corrected chi connectivity index (χ3v) is 3.21. The largest absolute Gasteiger partial charge is 0.496 e. The van der Waals surface area contributed by atoms with Gasteiger partial charge >= 0.3 is 0 Å². The summed E-state index contributed by atoms with van der Waals surface area (Å²) in [7, 11) is 4.72. The molecule has 2 aromatic rings. The van der Waals surface area contributed by atoms with E-state index in [-0.39, 0.29) is 0 Å². The fourth-order valence-electron chi connectivity index (χ4n) is 1.76. The first-order valence-corrected chi connectivity index (χ1v) is 6.21. The summed E-state index contributed by atoms with van der Waals surface area (Å²) in [4.78, 5) is 7.10. The molecule has 7 heteroatoms. The molecule has 102 valence electrons. The highest BCUT2D eigenvalue weighted by molar-refractivity contribution is 9.10. The van der Waals surface area contributed by atoms with Crippen LogP contribution in [0.2, 0.25) is 0 Å². The third-order valence-electron chi connectivity index (χ3n) is 2.64. The van der Waals surface area contributed by atoms with Crippen molar-refractivity contribution in [2.24, 2.45) is 0 Å². The second-order valence-electron chi connectivity index (χ2n) is 3.69. The van der Waals surface area contributed by atoms with Gasteiger partial charge in [-0.05, 0) is 22.0 Å². The number of imidazole rings is 1. The van der Waals surface area contributed by atoms with Gasteiger partial charge in [-0.2, -0.15) is 0 Å². The first kappa shape index (κ1) is 13.5. The summed E-state index contributed by atoms with van der Waals surface area (Å²) in [5.74, 6) is 2.11. The number of methoxy groups -OCH3 is 3. The van der Waals surface area contributed by atoms with Crippen molar-refractivity contribution in [3.8, 4) is 28.5 Å². The van der Waals surface area contributed by atoms with Gasteiger partial charge in [0.25, 0.3) is 0 Å². The van der Waals surface area contributed by atoms with E-state index in [0.29, 0.717) is 33.5 Å². The quantitative estimate of drug-likeness (QED) is 0.901. The topological polar surface area (TPSA) is 82.4 Å². The smallest absolute Gasteiger partial charge is 0.198 e. The summed E-state index contributed by atoms with van der Waals surface area (Å²) in [6.07, 6.45) is 0. The minimum absolute atomic E-state index is 0.318. The summed E-state index contributed by atoms with van der Waals surface area (Å²) >= 11 is 3.37. The summed E-state index contributed by atoms with van der Waals surface area (Å²) in [6.45, 7) is 0. The number of nitrogens with one attached hydrogen (secondary N) is 1. The molecule has 3 N–H and O–H groups in total. The summed E-state index contributed by atoms with van der Waals surface area (Å²) in [5.41, 5.74) is 7.04. The highest BCUT2D eigenvalue weighted by Gasteiger charge is 2.18. The fraction of sp³-hybridized carbons (Fsp3) is 0.250. The van der Waals surface area contributed by atoms with E-state index < -0.39 is 0 Å². The van der Waals surface area contributed by atoms with E-state index in [1.165, 1.54) is 0 Å². The third kappa shape index (κ3) is 2.46. The lowest BCUT2D eigenvalue weighted by Crippen LogP contribution is -1.95. The number of halogens is 1. The molecule has 0 amide bonds. The minimum atomic E-state index is 0.318. The molecule has 1 aromatic heterocycles. The van der Waals surface area contributed by atoms with Crippen LogP contribution in [0.4, 0.5) is 5.95 Å². The zero-order chi connectivity index (χ0) is 14.0. The predicted molar refractivity (Wildman–Crippen MR) is 75.8 cm³/mol. The first-order valence-electron chi connectivity index (χ1n) is 5.42. The van der Waals surface area contributed by atoms with Gasteiger partial charge in [0.05, 0.1) is 21.3 Å². The van der Waals surface area contributed by atoms with Gasteiger partial charge in [0.2, 0.25) is 0 Å². The first-order chi connectivity index (χ1) is 9.10. The molecule has 1 heterocycles. The molecular formula is C12H14BrN3O3. The zero-order valence-electron chi connectivity index (χ0n) is 10.8. The van der Waals surface area contributed by atoms with Crippen LogP contribution in [0.25, 0.3) is 11.3 Å². The monoisotopic (exact) mass is 327 g/mol. The lowest BCUT2D eigenvalue weighted by molar-refractivity contribution is 0.349. The fourth-order valence-corrected chi connectivity index (χ4v) is 2.27. The number of nitrogens with zero attached hydrogens (tertiary/aromatic N) is 1. The number of H-pyrrole nitrogens is 1. The molecule has 1 aromatic carbocycles. The Balaban J connectivity index is 2.64. The highest BCUT2D eigenvalue weighted by Crippen LogP contribution is 2.41. The number of hydrogen-bond donors (Lipinski definition) is 2. The average molecular weight is 328 g/mol. The Bertz CT molecular complexity index is 598. The number of hydrogen-bond acceptors (Lipinski definition) is 5. The normalized spacial score (nSPS) is 10.3. The number of aromatic nitrogens is 2. The summed E-state index contributed by atoms with van der Waals surface area (Å²) in [5, 5.41) is 0. The molecule has 19 heavy (non-hydrogen) atoms. The number of anilines is 1. The number of nitrogen functional groups attached to an aromatic ring is 1. The summed E-state index contributed by atoms with van der Waals surface area (Å²) in [6, 6.07) is 3.53. The lowest BCUT2D eigenvalue weighted by atomic mass is 10.1. The van der Waals surface area contributed by atoms with E-state index in [0.717, 1.165) is 5.56 Å². The van der Waals surface area contributed by atoms with Crippen molar-refractivity contribution in [2.75, 3.05) is 27.1 Å². The van der Waals surface area contributed by atoms with Crippen LogP contribution in [-0.4, -0.2) is 31.3 Å². The SMILES string of the molecule is COc1cc(OC)c(-c2nc(N)[nH]c2Br)cc1OC. The molecule has 0 spiro atoms. The number of benzene rings is 1. The molecule has 0 radical (unpaired) electrons. The van der Waals surface area contributed by atoms with E-state index >= 15 is 0 Å². The number of nitrogens with two attached hydrogens (primary N) is 1. The number of aromatic amines is 1. The predicted octanol–water partition coefficient (Wildman–Crippen LogP) is 2.45. The molecule has 0 aliphatic carbocycles. The van der Waals surface area contributed by atoms with Gasteiger partial charge in [-0.25, -0.2) is 4.98 Å². The van der Waals surface area contributed by atoms with E-state index in [4.69, 9.17) is 19.9 Å². The van der Waals surface area contributed by atoms with Crippen LogP contribution in [0.15, 0.2) is 16.7 Å². The van der Waals surface area contributed by atoms with Gasteiger partial charge in [-0.1, -0.05) is 0 Å². The molecule has 2 rings (SSSR count). The molecular weight excluding hydrogens is 314 g/mol. The van der Waals surface area contributed by atoms with Crippen molar-refractivity contribution >= 4 is 21.9 Å². The second kappa shape index (κ2) is 5.40. The van der Waals surface area contributed by atoms with Gasteiger partial charge in [0.1, 0.15) is 16.0 Å². The van der Waals surface area contributed by atoms with Crippen LogP contribution in [0.3, 0.4) is 0 Å². The molecule has 0 saturated carbocycles. The molecule has 0 fully saturated rings. The average Bonchev–Trinajstić information content (AvgIpc) is 2.75. The zero-order valence-corrected chi connectivity index (χ0v) is 12.4. The maximum absolute atomic E-state index is 5.64. The van der Waals surface area contributed by atoms with Crippen molar-refractivity contribution in [3.05, 3.63) is 16.7 Å². The van der Waals surface area contributed by atoms with Crippen molar-refractivity contribution in [3.63, 3.8) is 0 Å². The second-order valence-corrected chi connectivity index (χ2v) is 4.49. The molecule has 0 bridgehead atoms. The van der Waals surface area contributed by atoms with Crippen molar-refractivity contribution in [2.45, 2.75) is 0 Å². The lowest BCUT2D eigenvalue weighted by Gasteiger charge is -2.13. The Kier molecular flexibility index (Phi) is 3.84. The van der Waals surface area contributed by atoms with Crippen LogP contribution < -0.4 is 19.9 Å². The molecule has 0 saturated heterocycles. The Morgan fingerprint density at radius 2 is 1.63 bits per heavy atom. The standard InChI is InChI=1S/C12H14BrN3O3/c1-17-7-5-9(19-3)8(18-2)4-6(7)10-11(13)16-12(14)15-10/h4-5H,1-3H3,(H3,14,15,16). The maximum Gasteiger partial charge on any atom is 0.198 e. The maximum atomic E-state index is 5.64. The van der Waals surface area contributed by atoms with Gasteiger partial charge in [0, 0.05) is 11.6 Å².